The standard InChI is InChI=1S/C15H11ClF2N2O4S/c16-11-7-9(1-4-13(11)24-15(17)18)20-25(22,23)10-2-3-12-8(5-10)6-14(21)19-12/h1-5,7,15,20H,6H2,(H,19,21). The lowest BCUT2D eigenvalue weighted by atomic mass is 10.2. The van der Waals surface area contributed by atoms with E-state index in [1.807, 2.05) is 0 Å². The Balaban J connectivity index is 1.84. The minimum atomic E-state index is -3.94. The first-order valence-electron chi connectivity index (χ1n) is 6.94. The largest absolute Gasteiger partial charge is 0.433 e. The topological polar surface area (TPSA) is 84.5 Å². The van der Waals surface area contributed by atoms with Gasteiger partial charge in [-0.05, 0) is 42.0 Å². The van der Waals surface area contributed by atoms with Crippen LogP contribution in [0.2, 0.25) is 5.02 Å². The lowest BCUT2D eigenvalue weighted by Crippen LogP contribution is -2.13. The monoisotopic (exact) mass is 388 g/mol. The number of ether oxygens (including phenoxy) is 1. The predicted molar refractivity (Wildman–Crippen MR) is 87.7 cm³/mol. The molecule has 6 nitrogen and oxygen atoms in total. The zero-order valence-electron chi connectivity index (χ0n) is 12.4. The molecule has 2 N–H and O–H groups in total. The fraction of sp³-hybridized carbons (Fsp3) is 0.133. The maximum absolute atomic E-state index is 12.4. The molecule has 25 heavy (non-hydrogen) atoms. The van der Waals surface area contributed by atoms with E-state index in [-0.39, 0.29) is 33.7 Å². The number of amides is 1. The number of nitrogens with one attached hydrogen (secondary N) is 2. The summed E-state index contributed by atoms with van der Waals surface area (Å²) in [5.74, 6) is -0.472. The van der Waals surface area contributed by atoms with Gasteiger partial charge in [-0.15, -0.1) is 0 Å². The Bertz CT molecular complexity index is 951. The molecule has 0 atom stereocenters. The molecule has 0 radical (unpaired) electrons. The highest BCUT2D eigenvalue weighted by Gasteiger charge is 2.22. The normalized spacial score (nSPS) is 13.5. The summed E-state index contributed by atoms with van der Waals surface area (Å²) in [4.78, 5) is 11.3. The van der Waals surface area contributed by atoms with Crippen LogP contribution >= 0.6 is 11.6 Å². The van der Waals surface area contributed by atoms with Crippen molar-refractivity contribution in [1.29, 1.82) is 0 Å². The van der Waals surface area contributed by atoms with Crippen molar-refractivity contribution >= 4 is 38.9 Å². The Morgan fingerprint density at radius 1 is 1.20 bits per heavy atom. The van der Waals surface area contributed by atoms with Crippen molar-refractivity contribution in [2.75, 3.05) is 10.0 Å². The van der Waals surface area contributed by atoms with Crippen molar-refractivity contribution < 1.29 is 26.7 Å². The lowest BCUT2D eigenvalue weighted by Gasteiger charge is -2.11. The van der Waals surface area contributed by atoms with Gasteiger partial charge >= 0.3 is 6.61 Å². The van der Waals surface area contributed by atoms with E-state index < -0.39 is 16.6 Å². The van der Waals surface area contributed by atoms with Crippen molar-refractivity contribution in [2.45, 2.75) is 17.9 Å². The van der Waals surface area contributed by atoms with Crippen LogP contribution in [0.3, 0.4) is 0 Å². The van der Waals surface area contributed by atoms with Gasteiger partial charge in [0.15, 0.2) is 0 Å². The Hall–Kier alpha value is -2.39. The minimum absolute atomic E-state index is 0.0354. The van der Waals surface area contributed by atoms with E-state index in [1.165, 1.54) is 24.3 Å². The molecule has 3 rings (SSSR count). The van der Waals surface area contributed by atoms with Crippen molar-refractivity contribution in [2.24, 2.45) is 0 Å². The van der Waals surface area contributed by atoms with Gasteiger partial charge in [-0.1, -0.05) is 11.6 Å². The third kappa shape index (κ3) is 3.83. The highest BCUT2D eigenvalue weighted by Crippen LogP contribution is 2.31. The maximum Gasteiger partial charge on any atom is 0.387 e. The zero-order chi connectivity index (χ0) is 18.2. The predicted octanol–water partition coefficient (Wildman–Crippen LogP) is 3.24. The van der Waals surface area contributed by atoms with Crippen LogP contribution in [0.25, 0.3) is 0 Å². The number of hydrogen-bond donors (Lipinski definition) is 2. The van der Waals surface area contributed by atoms with Gasteiger partial charge in [0.2, 0.25) is 5.91 Å². The maximum atomic E-state index is 12.4. The van der Waals surface area contributed by atoms with Crippen LogP contribution < -0.4 is 14.8 Å². The fourth-order valence-electron chi connectivity index (χ4n) is 2.34. The van der Waals surface area contributed by atoms with E-state index in [2.05, 4.69) is 14.8 Å². The first-order valence-corrected chi connectivity index (χ1v) is 8.81. The van der Waals surface area contributed by atoms with Gasteiger partial charge in [0, 0.05) is 5.69 Å². The van der Waals surface area contributed by atoms with E-state index in [9.17, 15) is 22.0 Å². The van der Waals surface area contributed by atoms with Gasteiger partial charge in [0.05, 0.1) is 22.0 Å². The summed E-state index contributed by atoms with van der Waals surface area (Å²) in [7, 11) is -3.94. The van der Waals surface area contributed by atoms with Gasteiger partial charge < -0.3 is 10.1 Å². The number of halogens is 3. The smallest absolute Gasteiger partial charge is 0.387 e. The number of alkyl halides is 2. The number of fused-ring (bicyclic) bond motifs is 1. The molecule has 10 heteroatoms. The molecule has 0 unspecified atom stereocenters. The van der Waals surface area contributed by atoms with Crippen molar-refractivity contribution in [3.63, 3.8) is 0 Å². The molecule has 0 saturated heterocycles. The highest BCUT2D eigenvalue weighted by molar-refractivity contribution is 7.92. The average molecular weight is 389 g/mol. The summed E-state index contributed by atoms with van der Waals surface area (Å²) in [6, 6.07) is 7.79. The molecule has 0 spiro atoms. The Kier molecular flexibility index (Phi) is 4.53. The van der Waals surface area contributed by atoms with Gasteiger partial charge in [0.25, 0.3) is 10.0 Å². The number of rotatable bonds is 5. The summed E-state index contributed by atoms with van der Waals surface area (Å²) in [6.45, 7) is -3.04. The second-order valence-electron chi connectivity index (χ2n) is 5.17. The summed E-state index contributed by atoms with van der Waals surface area (Å²) in [6.07, 6.45) is 0.101. The van der Waals surface area contributed by atoms with Crippen LogP contribution in [0.5, 0.6) is 5.75 Å². The molecule has 1 aliphatic heterocycles. The molecule has 0 bridgehead atoms. The first-order chi connectivity index (χ1) is 11.7. The van der Waals surface area contributed by atoms with E-state index >= 15 is 0 Å². The number of carbonyl (C=O) groups excluding carboxylic acids is 1. The van der Waals surface area contributed by atoms with Gasteiger partial charge in [-0.3, -0.25) is 9.52 Å². The molecule has 2 aromatic carbocycles. The Morgan fingerprint density at radius 3 is 2.64 bits per heavy atom. The van der Waals surface area contributed by atoms with Gasteiger partial charge in [0.1, 0.15) is 5.75 Å². The lowest BCUT2D eigenvalue weighted by molar-refractivity contribution is -0.115. The molecule has 0 fully saturated rings. The molecule has 0 aromatic heterocycles. The highest BCUT2D eigenvalue weighted by atomic mass is 35.5. The average Bonchev–Trinajstić information content (AvgIpc) is 2.88. The number of hydrogen-bond acceptors (Lipinski definition) is 4. The van der Waals surface area contributed by atoms with Gasteiger partial charge in [-0.2, -0.15) is 8.78 Å². The summed E-state index contributed by atoms with van der Waals surface area (Å²) < 4.78 is 55.8. The van der Waals surface area contributed by atoms with Crippen LogP contribution in [-0.4, -0.2) is 20.9 Å². The van der Waals surface area contributed by atoms with Crippen LogP contribution in [0, 0.1) is 0 Å². The van der Waals surface area contributed by atoms with Crippen LogP contribution in [0.1, 0.15) is 5.56 Å². The first kappa shape index (κ1) is 17.4. The Morgan fingerprint density at radius 2 is 1.96 bits per heavy atom. The quantitative estimate of drug-likeness (QED) is 0.823. The molecule has 0 aliphatic carbocycles. The molecule has 1 aliphatic rings. The Labute approximate surface area is 146 Å². The van der Waals surface area contributed by atoms with Gasteiger partial charge in [-0.25, -0.2) is 8.42 Å². The molecule has 1 heterocycles. The number of anilines is 2. The second kappa shape index (κ2) is 6.49. The molecule has 0 saturated carbocycles. The second-order valence-corrected chi connectivity index (χ2v) is 7.26. The van der Waals surface area contributed by atoms with Crippen LogP contribution in [0.15, 0.2) is 41.3 Å². The molecule has 1 amide bonds. The SMILES string of the molecule is O=C1Cc2cc(S(=O)(=O)Nc3ccc(OC(F)F)c(Cl)c3)ccc2N1. The van der Waals surface area contributed by atoms with Crippen LogP contribution in [0.4, 0.5) is 20.2 Å². The summed E-state index contributed by atoms with van der Waals surface area (Å²) in [5, 5.41) is 2.45. The zero-order valence-corrected chi connectivity index (χ0v) is 14.0. The molecule has 132 valence electrons. The van der Waals surface area contributed by atoms with Crippen molar-refractivity contribution in [3.05, 3.63) is 47.0 Å². The van der Waals surface area contributed by atoms with E-state index in [0.717, 1.165) is 12.1 Å². The number of carbonyl (C=O) groups is 1. The molecule has 2 aromatic rings. The number of sulfonamides is 1. The summed E-state index contributed by atoms with van der Waals surface area (Å²) in [5.41, 5.74) is 1.23. The third-order valence-corrected chi connectivity index (χ3v) is 5.09. The minimum Gasteiger partial charge on any atom is -0.433 e. The van der Waals surface area contributed by atoms with Crippen LogP contribution in [-0.2, 0) is 21.2 Å². The van der Waals surface area contributed by atoms with E-state index in [4.69, 9.17) is 11.6 Å². The van der Waals surface area contributed by atoms with Crippen molar-refractivity contribution in [1.82, 2.24) is 0 Å². The van der Waals surface area contributed by atoms with E-state index in [0.29, 0.717) is 11.3 Å². The molecular formula is C15H11ClF2N2O4S. The third-order valence-electron chi connectivity index (χ3n) is 3.41. The van der Waals surface area contributed by atoms with E-state index in [1.54, 1.807) is 0 Å². The summed E-state index contributed by atoms with van der Waals surface area (Å²) >= 11 is 5.80. The molecular weight excluding hydrogens is 378 g/mol. The van der Waals surface area contributed by atoms with Crippen molar-refractivity contribution in [3.8, 4) is 5.75 Å². The fourth-order valence-corrected chi connectivity index (χ4v) is 3.67. The number of benzene rings is 2.